The molecule has 2 rings (SSSR count). The number of halogens is 1. The van der Waals surface area contributed by atoms with Gasteiger partial charge in [0.1, 0.15) is 12.1 Å². The maximum absolute atomic E-state index is 11.8. The summed E-state index contributed by atoms with van der Waals surface area (Å²) in [6, 6.07) is 4.98. The molecular formula is C12H14BrN5O2. The van der Waals surface area contributed by atoms with E-state index in [-0.39, 0.29) is 6.03 Å². The molecule has 2 aromatic rings. The summed E-state index contributed by atoms with van der Waals surface area (Å²) in [7, 11) is 3.38. The number of urea groups is 1. The minimum absolute atomic E-state index is 0.302. The van der Waals surface area contributed by atoms with Crippen molar-refractivity contribution in [2.45, 2.75) is 6.54 Å². The molecule has 2 amide bonds. The number of benzene rings is 1. The van der Waals surface area contributed by atoms with Gasteiger partial charge < -0.3 is 19.9 Å². The monoisotopic (exact) mass is 339 g/mol. The molecule has 7 nitrogen and oxygen atoms in total. The summed E-state index contributed by atoms with van der Waals surface area (Å²) < 4.78 is 7.72. The summed E-state index contributed by atoms with van der Waals surface area (Å²) in [6.45, 7) is 0.302. The highest BCUT2D eigenvalue weighted by atomic mass is 79.9. The van der Waals surface area contributed by atoms with E-state index in [1.54, 1.807) is 36.2 Å². The average molecular weight is 340 g/mol. The van der Waals surface area contributed by atoms with Crippen LogP contribution in [0.5, 0.6) is 5.75 Å². The number of hydrogen-bond donors (Lipinski definition) is 2. The van der Waals surface area contributed by atoms with Gasteiger partial charge in [0.05, 0.1) is 18.1 Å². The van der Waals surface area contributed by atoms with Gasteiger partial charge in [-0.3, -0.25) is 0 Å². The minimum atomic E-state index is -0.322. The number of carbonyl (C=O) groups excluding carboxylic acids is 1. The standard InChI is InChI=1S/C12H14BrN5O2/c1-18-7-15-17-11(18)6-14-12(19)16-8-3-4-9(13)10(5-8)20-2/h3-5,7H,6H2,1-2H3,(H2,14,16,19). The van der Waals surface area contributed by atoms with Gasteiger partial charge in [-0.2, -0.15) is 0 Å². The Morgan fingerprint density at radius 3 is 2.95 bits per heavy atom. The molecule has 0 saturated carbocycles. The van der Waals surface area contributed by atoms with Crippen LogP contribution in [0.2, 0.25) is 0 Å². The first-order valence-electron chi connectivity index (χ1n) is 5.81. The van der Waals surface area contributed by atoms with Crippen LogP contribution in [-0.4, -0.2) is 27.9 Å². The van der Waals surface area contributed by atoms with Gasteiger partial charge in [0.15, 0.2) is 5.82 Å². The highest BCUT2D eigenvalue weighted by molar-refractivity contribution is 9.10. The van der Waals surface area contributed by atoms with Crippen molar-refractivity contribution < 1.29 is 9.53 Å². The van der Waals surface area contributed by atoms with E-state index in [9.17, 15) is 4.79 Å². The Morgan fingerprint density at radius 2 is 2.30 bits per heavy atom. The van der Waals surface area contributed by atoms with Crippen LogP contribution in [0.1, 0.15) is 5.82 Å². The smallest absolute Gasteiger partial charge is 0.319 e. The number of ether oxygens (including phenoxy) is 1. The van der Waals surface area contributed by atoms with Crippen LogP contribution in [0.4, 0.5) is 10.5 Å². The number of amides is 2. The van der Waals surface area contributed by atoms with Crippen LogP contribution >= 0.6 is 15.9 Å². The van der Waals surface area contributed by atoms with Crippen LogP contribution in [0, 0.1) is 0 Å². The zero-order valence-corrected chi connectivity index (χ0v) is 12.6. The molecule has 0 aliphatic rings. The number of nitrogens with one attached hydrogen (secondary N) is 2. The molecule has 0 atom stereocenters. The van der Waals surface area contributed by atoms with Gasteiger partial charge in [0.25, 0.3) is 0 Å². The number of aromatic nitrogens is 3. The molecule has 0 fully saturated rings. The van der Waals surface area contributed by atoms with E-state index in [4.69, 9.17) is 4.74 Å². The molecule has 0 radical (unpaired) electrons. The molecule has 0 aliphatic carbocycles. The minimum Gasteiger partial charge on any atom is -0.495 e. The summed E-state index contributed by atoms with van der Waals surface area (Å²) in [5.74, 6) is 1.32. The van der Waals surface area contributed by atoms with E-state index >= 15 is 0 Å². The van der Waals surface area contributed by atoms with Crippen molar-refractivity contribution in [1.29, 1.82) is 0 Å². The number of anilines is 1. The van der Waals surface area contributed by atoms with E-state index in [0.717, 1.165) is 4.47 Å². The fourth-order valence-corrected chi connectivity index (χ4v) is 1.95. The van der Waals surface area contributed by atoms with Crippen LogP contribution in [0.3, 0.4) is 0 Å². The second-order valence-corrected chi connectivity index (χ2v) is 4.87. The van der Waals surface area contributed by atoms with Crippen molar-refractivity contribution in [2.24, 2.45) is 7.05 Å². The first-order chi connectivity index (χ1) is 9.60. The van der Waals surface area contributed by atoms with Gasteiger partial charge in [-0.05, 0) is 28.1 Å². The quantitative estimate of drug-likeness (QED) is 0.891. The van der Waals surface area contributed by atoms with Gasteiger partial charge in [-0.1, -0.05) is 0 Å². The molecule has 20 heavy (non-hydrogen) atoms. The molecule has 0 spiro atoms. The molecule has 106 valence electrons. The van der Waals surface area contributed by atoms with Crippen molar-refractivity contribution in [3.8, 4) is 5.75 Å². The van der Waals surface area contributed by atoms with Crippen molar-refractivity contribution in [2.75, 3.05) is 12.4 Å². The van der Waals surface area contributed by atoms with E-state index in [2.05, 4.69) is 36.8 Å². The van der Waals surface area contributed by atoms with Crippen molar-refractivity contribution in [1.82, 2.24) is 20.1 Å². The predicted octanol–water partition coefficient (Wildman–Crippen LogP) is 1.91. The molecule has 0 unspecified atom stereocenters. The molecule has 1 aromatic carbocycles. The zero-order valence-electron chi connectivity index (χ0n) is 11.1. The van der Waals surface area contributed by atoms with Crippen LogP contribution < -0.4 is 15.4 Å². The molecule has 2 N–H and O–H groups in total. The molecule has 0 saturated heterocycles. The highest BCUT2D eigenvalue weighted by Gasteiger charge is 2.07. The number of carbonyl (C=O) groups is 1. The first kappa shape index (κ1) is 14.3. The molecule has 8 heteroatoms. The Bertz CT molecular complexity index is 614. The Labute approximate surface area is 124 Å². The van der Waals surface area contributed by atoms with Crippen LogP contribution in [0.15, 0.2) is 29.0 Å². The third kappa shape index (κ3) is 3.47. The average Bonchev–Trinajstić information content (AvgIpc) is 2.84. The lowest BCUT2D eigenvalue weighted by molar-refractivity contribution is 0.251. The molecule has 1 aromatic heterocycles. The fraction of sp³-hybridized carbons (Fsp3) is 0.250. The number of rotatable bonds is 4. The molecular weight excluding hydrogens is 326 g/mol. The molecule has 1 heterocycles. The van der Waals surface area contributed by atoms with Crippen molar-refractivity contribution in [3.63, 3.8) is 0 Å². The SMILES string of the molecule is COc1cc(NC(=O)NCc2nncn2C)ccc1Br. The number of aryl methyl sites for hydroxylation is 1. The highest BCUT2D eigenvalue weighted by Crippen LogP contribution is 2.27. The van der Waals surface area contributed by atoms with E-state index in [0.29, 0.717) is 23.8 Å². The number of hydrogen-bond acceptors (Lipinski definition) is 4. The van der Waals surface area contributed by atoms with Crippen LogP contribution in [-0.2, 0) is 13.6 Å². The first-order valence-corrected chi connectivity index (χ1v) is 6.60. The van der Waals surface area contributed by atoms with Crippen molar-refractivity contribution in [3.05, 3.63) is 34.8 Å². The Morgan fingerprint density at radius 1 is 1.50 bits per heavy atom. The normalized spacial score (nSPS) is 10.2. The Balaban J connectivity index is 1.93. The largest absolute Gasteiger partial charge is 0.495 e. The van der Waals surface area contributed by atoms with Gasteiger partial charge in [0.2, 0.25) is 0 Å². The molecule has 0 aliphatic heterocycles. The second kappa shape index (κ2) is 6.38. The van der Waals surface area contributed by atoms with Gasteiger partial charge in [-0.25, -0.2) is 4.79 Å². The lowest BCUT2D eigenvalue weighted by Gasteiger charge is -2.09. The second-order valence-electron chi connectivity index (χ2n) is 4.02. The van der Waals surface area contributed by atoms with E-state index < -0.39 is 0 Å². The maximum Gasteiger partial charge on any atom is 0.319 e. The van der Waals surface area contributed by atoms with Gasteiger partial charge in [0, 0.05) is 18.8 Å². The predicted molar refractivity (Wildman–Crippen MR) is 77.6 cm³/mol. The van der Waals surface area contributed by atoms with E-state index in [1.807, 2.05) is 7.05 Å². The third-order valence-electron chi connectivity index (χ3n) is 2.62. The summed E-state index contributed by atoms with van der Waals surface area (Å²) in [5, 5.41) is 13.0. The zero-order chi connectivity index (χ0) is 14.5. The number of methoxy groups -OCH3 is 1. The summed E-state index contributed by atoms with van der Waals surface area (Å²) in [5.41, 5.74) is 0.639. The maximum atomic E-state index is 11.8. The summed E-state index contributed by atoms with van der Waals surface area (Å²) in [4.78, 5) is 11.8. The summed E-state index contributed by atoms with van der Waals surface area (Å²) >= 11 is 3.35. The molecule has 0 bridgehead atoms. The fourth-order valence-electron chi connectivity index (χ4n) is 1.54. The third-order valence-corrected chi connectivity index (χ3v) is 3.28. The lowest BCUT2D eigenvalue weighted by atomic mass is 10.3. The van der Waals surface area contributed by atoms with Gasteiger partial charge in [-0.15, -0.1) is 10.2 Å². The lowest BCUT2D eigenvalue weighted by Crippen LogP contribution is -2.29. The van der Waals surface area contributed by atoms with Crippen LogP contribution in [0.25, 0.3) is 0 Å². The van der Waals surface area contributed by atoms with Crippen molar-refractivity contribution >= 4 is 27.6 Å². The van der Waals surface area contributed by atoms with Gasteiger partial charge >= 0.3 is 6.03 Å². The topological polar surface area (TPSA) is 81.1 Å². The Kier molecular flexibility index (Phi) is 4.57. The Hall–Kier alpha value is -2.09. The van der Waals surface area contributed by atoms with E-state index in [1.165, 1.54) is 0 Å². The summed E-state index contributed by atoms with van der Waals surface area (Å²) in [6.07, 6.45) is 1.58. The number of nitrogens with zero attached hydrogens (tertiary/aromatic N) is 3.